The van der Waals surface area contributed by atoms with Crippen LogP contribution in [0.5, 0.6) is 5.75 Å². The van der Waals surface area contributed by atoms with Crippen LogP contribution < -0.4 is 15.8 Å². The van der Waals surface area contributed by atoms with Crippen molar-refractivity contribution in [3.8, 4) is 5.75 Å². The molecule has 0 saturated heterocycles. The highest BCUT2D eigenvalue weighted by atomic mass is 16.5. The molecule has 26 heavy (non-hydrogen) atoms. The molecule has 0 aliphatic rings. The predicted molar refractivity (Wildman–Crippen MR) is 108 cm³/mol. The van der Waals surface area contributed by atoms with Gasteiger partial charge in [-0.1, -0.05) is 54.6 Å². The van der Waals surface area contributed by atoms with Crippen LogP contribution in [-0.2, 0) is 5.54 Å². The van der Waals surface area contributed by atoms with Gasteiger partial charge in [-0.2, -0.15) is 0 Å². The second-order valence-corrected chi connectivity index (χ2v) is 7.01. The lowest BCUT2D eigenvalue weighted by molar-refractivity contribution is 0.369. The molecule has 3 N–H and O–H groups in total. The number of benzene rings is 3. The number of nitrogens with one attached hydrogen (secondary N) is 1. The average molecular weight is 346 g/mol. The van der Waals surface area contributed by atoms with Gasteiger partial charge in [0.15, 0.2) is 0 Å². The fourth-order valence-corrected chi connectivity index (χ4v) is 3.19. The second-order valence-electron chi connectivity index (χ2n) is 7.01. The van der Waals surface area contributed by atoms with Crippen LogP contribution in [0.25, 0.3) is 0 Å². The van der Waals surface area contributed by atoms with Crippen molar-refractivity contribution < 1.29 is 4.74 Å². The third kappa shape index (κ3) is 4.06. The van der Waals surface area contributed by atoms with Gasteiger partial charge >= 0.3 is 0 Å². The Morgan fingerprint density at radius 3 is 2.15 bits per heavy atom. The second kappa shape index (κ2) is 7.63. The molecule has 0 bridgehead atoms. The van der Waals surface area contributed by atoms with Gasteiger partial charge in [0.2, 0.25) is 0 Å². The number of anilines is 1. The molecule has 0 radical (unpaired) electrons. The maximum absolute atomic E-state index is 6.05. The molecule has 3 rings (SSSR count). The van der Waals surface area contributed by atoms with Crippen LogP contribution in [0.4, 0.5) is 5.69 Å². The van der Waals surface area contributed by atoms with Crippen LogP contribution in [0.1, 0.15) is 36.6 Å². The molecule has 134 valence electrons. The number of hydrogen-bond acceptors (Lipinski definition) is 3. The zero-order valence-electron chi connectivity index (χ0n) is 15.6. The Kier molecular flexibility index (Phi) is 5.29. The molecule has 3 nitrogen and oxygen atoms in total. The quantitative estimate of drug-likeness (QED) is 0.625. The normalized spacial score (nSPS) is 12.6. The highest BCUT2D eigenvalue weighted by Crippen LogP contribution is 2.31. The maximum Gasteiger partial charge on any atom is 0.118 e. The van der Waals surface area contributed by atoms with E-state index in [2.05, 4.69) is 61.6 Å². The molecule has 0 saturated carbocycles. The van der Waals surface area contributed by atoms with E-state index in [1.165, 1.54) is 11.1 Å². The van der Waals surface area contributed by atoms with Crippen molar-refractivity contribution >= 4 is 5.69 Å². The maximum atomic E-state index is 6.05. The van der Waals surface area contributed by atoms with Crippen LogP contribution >= 0.6 is 0 Å². The Labute approximate surface area is 155 Å². The third-order valence-electron chi connectivity index (χ3n) is 4.69. The third-order valence-corrected chi connectivity index (χ3v) is 4.69. The molecular weight excluding hydrogens is 320 g/mol. The lowest BCUT2D eigenvalue weighted by atomic mass is 9.89. The summed E-state index contributed by atoms with van der Waals surface area (Å²) in [6.45, 7) is 4.40. The van der Waals surface area contributed by atoms with Crippen molar-refractivity contribution in [1.82, 2.24) is 5.32 Å². The summed E-state index contributed by atoms with van der Waals surface area (Å²) in [5.41, 5.74) is 10.1. The van der Waals surface area contributed by atoms with E-state index >= 15 is 0 Å². The van der Waals surface area contributed by atoms with E-state index in [1.807, 2.05) is 36.4 Å². The van der Waals surface area contributed by atoms with E-state index < -0.39 is 0 Å². The zero-order valence-corrected chi connectivity index (χ0v) is 15.6. The lowest BCUT2D eigenvalue weighted by Gasteiger charge is -2.33. The van der Waals surface area contributed by atoms with Crippen LogP contribution in [0.15, 0.2) is 78.9 Å². The van der Waals surface area contributed by atoms with E-state index in [0.717, 1.165) is 17.0 Å². The standard InChI is InChI=1S/C23H26N2O/c1-23(2,19-9-5-4-6-10-19)25-22(18-8-7-11-20(24)16-18)17-12-14-21(26-3)15-13-17/h4-16,22,25H,24H2,1-3H3. The molecule has 0 aliphatic heterocycles. The SMILES string of the molecule is COc1ccc(C(NC(C)(C)c2ccccc2)c2cccc(N)c2)cc1. The molecule has 3 aromatic carbocycles. The fourth-order valence-electron chi connectivity index (χ4n) is 3.19. The number of ether oxygens (including phenoxy) is 1. The van der Waals surface area contributed by atoms with Gasteiger partial charge in [0, 0.05) is 11.2 Å². The minimum absolute atomic E-state index is 0.0135. The predicted octanol–water partition coefficient (Wildman–Crippen LogP) is 4.89. The van der Waals surface area contributed by atoms with Crippen LogP contribution in [0.2, 0.25) is 0 Å². The van der Waals surface area contributed by atoms with Crippen molar-refractivity contribution in [1.29, 1.82) is 0 Å². The number of hydrogen-bond donors (Lipinski definition) is 2. The molecule has 3 heteroatoms. The molecule has 3 aromatic rings. The van der Waals surface area contributed by atoms with Crippen LogP contribution in [0.3, 0.4) is 0 Å². The van der Waals surface area contributed by atoms with E-state index in [4.69, 9.17) is 10.5 Å². The fraction of sp³-hybridized carbons (Fsp3) is 0.217. The number of rotatable bonds is 6. The van der Waals surface area contributed by atoms with Gasteiger partial charge < -0.3 is 10.5 Å². The molecular formula is C23H26N2O. The molecule has 0 heterocycles. The summed E-state index contributed by atoms with van der Waals surface area (Å²) in [6, 6.07) is 26.7. The van der Waals surface area contributed by atoms with Crippen molar-refractivity contribution in [2.24, 2.45) is 0 Å². The van der Waals surface area contributed by atoms with Crippen molar-refractivity contribution in [2.75, 3.05) is 12.8 Å². The van der Waals surface area contributed by atoms with Gasteiger partial charge in [-0.05, 0) is 54.8 Å². The molecule has 0 amide bonds. The van der Waals surface area contributed by atoms with Gasteiger partial charge in [0.25, 0.3) is 0 Å². The van der Waals surface area contributed by atoms with Crippen molar-refractivity contribution in [3.63, 3.8) is 0 Å². The number of methoxy groups -OCH3 is 1. The molecule has 0 fully saturated rings. The topological polar surface area (TPSA) is 47.3 Å². The van der Waals surface area contributed by atoms with Crippen LogP contribution in [-0.4, -0.2) is 7.11 Å². The number of nitrogens with two attached hydrogens (primary N) is 1. The van der Waals surface area contributed by atoms with Gasteiger partial charge in [-0.3, -0.25) is 5.32 Å². The lowest BCUT2D eigenvalue weighted by Crippen LogP contribution is -2.39. The van der Waals surface area contributed by atoms with Crippen LogP contribution in [0, 0.1) is 0 Å². The summed E-state index contributed by atoms with van der Waals surface area (Å²) in [6.07, 6.45) is 0. The van der Waals surface area contributed by atoms with E-state index in [9.17, 15) is 0 Å². The minimum atomic E-state index is -0.212. The first-order chi connectivity index (χ1) is 12.5. The Morgan fingerprint density at radius 1 is 0.846 bits per heavy atom. The molecule has 1 unspecified atom stereocenters. The summed E-state index contributed by atoms with van der Waals surface area (Å²) in [4.78, 5) is 0. The van der Waals surface area contributed by atoms with Crippen molar-refractivity contribution in [3.05, 3.63) is 95.6 Å². The highest BCUT2D eigenvalue weighted by molar-refractivity contribution is 5.45. The first-order valence-electron chi connectivity index (χ1n) is 8.82. The Hall–Kier alpha value is -2.78. The van der Waals surface area contributed by atoms with E-state index in [1.54, 1.807) is 7.11 Å². The minimum Gasteiger partial charge on any atom is -0.497 e. The molecule has 1 atom stereocenters. The van der Waals surface area contributed by atoms with Crippen molar-refractivity contribution in [2.45, 2.75) is 25.4 Å². The molecule has 0 aliphatic carbocycles. The summed E-state index contributed by atoms with van der Waals surface area (Å²) in [5, 5.41) is 3.81. The Balaban J connectivity index is 2.00. The first-order valence-corrected chi connectivity index (χ1v) is 8.82. The van der Waals surface area contributed by atoms with Gasteiger partial charge in [-0.25, -0.2) is 0 Å². The van der Waals surface area contributed by atoms with Gasteiger partial charge in [-0.15, -0.1) is 0 Å². The van der Waals surface area contributed by atoms with E-state index in [0.29, 0.717) is 0 Å². The Morgan fingerprint density at radius 2 is 1.54 bits per heavy atom. The van der Waals surface area contributed by atoms with Gasteiger partial charge in [0.05, 0.1) is 13.2 Å². The van der Waals surface area contributed by atoms with Gasteiger partial charge in [0.1, 0.15) is 5.75 Å². The highest BCUT2D eigenvalue weighted by Gasteiger charge is 2.26. The molecule has 0 spiro atoms. The largest absolute Gasteiger partial charge is 0.497 e. The summed E-state index contributed by atoms with van der Waals surface area (Å²) in [5.74, 6) is 0.849. The first kappa shape index (κ1) is 18.0. The summed E-state index contributed by atoms with van der Waals surface area (Å²) >= 11 is 0. The zero-order chi connectivity index (χ0) is 18.6. The summed E-state index contributed by atoms with van der Waals surface area (Å²) < 4.78 is 5.30. The molecule has 0 aromatic heterocycles. The summed E-state index contributed by atoms with van der Waals surface area (Å²) in [7, 11) is 1.68. The number of nitrogen functional groups attached to an aromatic ring is 1. The average Bonchev–Trinajstić information content (AvgIpc) is 2.67. The van der Waals surface area contributed by atoms with E-state index in [-0.39, 0.29) is 11.6 Å². The smallest absolute Gasteiger partial charge is 0.118 e. The Bertz CT molecular complexity index is 842. The monoisotopic (exact) mass is 346 g/mol.